The lowest BCUT2D eigenvalue weighted by Crippen LogP contribution is -2.59. The standard InChI is InChI=1S/C38H55F3O4S/c1-25(32(46(44,45)27-7-5-4-6-8-27)24-36(42)20-18-35(16-17-35)19-21-36)29-11-12-30-28-10-9-26-23-37(43,38(39,40)41)22-15-33(26,2)31(28)13-14-34(29,30)3/h4-8,25-26,28-32,42-43H,9-24H2,1-3H3/t25-,26-,28-,29+,30-,31-,32?,33-,34+,37-/m0/s1. The summed E-state index contributed by atoms with van der Waals surface area (Å²) in [6.45, 7) is 6.74. The van der Waals surface area contributed by atoms with Crippen LogP contribution in [0.2, 0.25) is 0 Å². The zero-order valence-electron chi connectivity index (χ0n) is 28.0. The number of sulfone groups is 1. The molecule has 1 spiro atoms. The Kier molecular flexibility index (Phi) is 7.94. The third-order valence-electron chi connectivity index (χ3n) is 15.8. The Balaban J connectivity index is 1.14. The van der Waals surface area contributed by atoms with Crippen LogP contribution in [0.15, 0.2) is 35.2 Å². The van der Waals surface area contributed by atoms with Crippen LogP contribution in [0.25, 0.3) is 0 Å². The van der Waals surface area contributed by atoms with Crippen LogP contribution in [-0.4, -0.2) is 41.3 Å². The van der Waals surface area contributed by atoms with Gasteiger partial charge in [-0.2, -0.15) is 13.2 Å². The van der Waals surface area contributed by atoms with E-state index in [0.717, 1.165) is 51.4 Å². The minimum absolute atomic E-state index is 0.0388. The third kappa shape index (κ3) is 5.23. The fourth-order valence-electron chi connectivity index (χ4n) is 12.5. The van der Waals surface area contributed by atoms with E-state index in [1.807, 2.05) is 6.07 Å². The second-order valence-electron chi connectivity index (χ2n) is 17.8. The van der Waals surface area contributed by atoms with Gasteiger partial charge in [0.05, 0.1) is 15.7 Å². The van der Waals surface area contributed by atoms with Gasteiger partial charge in [0.2, 0.25) is 0 Å². The number of alkyl halides is 3. The van der Waals surface area contributed by atoms with E-state index in [0.29, 0.717) is 47.3 Å². The summed E-state index contributed by atoms with van der Waals surface area (Å²) in [5.41, 5.74) is -3.37. The third-order valence-corrected chi connectivity index (χ3v) is 18.1. The number of hydrogen-bond acceptors (Lipinski definition) is 4. The van der Waals surface area contributed by atoms with Gasteiger partial charge in [0.15, 0.2) is 15.4 Å². The van der Waals surface area contributed by atoms with Crippen molar-refractivity contribution < 1.29 is 31.8 Å². The zero-order valence-corrected chi connectivity index (χ0v) is 28.8. The Morgan fingerprint density at radius 3 is 2.07 bits per heavy atom. The molecule has 6 aliphatic rings. The van der Waals surface area contributed by atoms with E-state index in [-0.39, 0.29) is 47.8 Å². The molecular formula is C38H55F3O4S. The van der Waals surface area contributed by atoms with Crippen molar-refractivity contribution in [1.29, 1.82) is 0 Å². The Bertz CT molecular complexity index is 1400. The minimum Gasteiger partial charge on any atom is -0.390 e. The van der Waals surface area contributed by atoms with Crippen LogP contribution >= 0.6 is 0 Å². The van der Waals surface area contributed by atoms with Gasteiger partial charge in [0.25, 0.3) is 0 Å². The summed E-state index contributed by atoms with van der Waals surface area (Å²) in [6, 6.07) is 8.81. The molecule has 0 bridgehead atoms. The van der Waals surface area contributed by atoms with Gasteiger partial charge in [0.1, 0.15) is 0 Å². The molecule has 2 N–H and O–H groups in total. The quantitative estimate of drug-likeness (QED) is 0.319. The van der Waals surface area contributed by atoms with Gasteiger partial charge < -0.3 is 10.2 Å². The maximum atomic E-state index is 14.5. The van der Waals surface area contributed by atoms with Crippen molar-refractivity contribution in [2.45, 2.75) is 151 Å². The van der Waals surface area contributed by atoms with E-state index in [2.05, 4.69) is 20.8 Å². The maximum absolute atomic E-state index is 14.5. The Labute approximate surface area is 274 Å². The number of aliphatic hydroxyl groups is 2. The van der Waals surface area contributed by atoms with E-state index in [1.54, 1.807) is 24.3 Å². The maximum Gasteiger partial charge on any atom is 0.417 e. The van der Waals surface area contributed by atoms with Gasteiger partial charge in [-0.05, 0) is 167 Å². The highest BCUT2D eigenvalue weighted by Crippen LogP contribution is 2.70. The molecule has 46 heavy (non-hydrogen) atoms. The first-order valence-corrected chi connectivity index (χ1v) is 19.8. The number of rotatable bonds is 6. The van der Waals surface area contributed by atoms with Crippen LogP contribution in [0.3, 0.4) is 0 Å². The highest BCUT2D eigenvalue weighted by atomic mass is 32.2. The molecule has 0 aliphatic heterocycles. The van der Waals surface area contributed by atoms with Crippen molar-refractivity contribution in [2.75, 3.05) is 0 Å². The Morgan fingerprint density at radius 2 is 1.43 bits per heavy atom. The molecular weight excluding hydrogens is 609 g/mol. The lowest BCUT2D eigenvalue weighted by molar-refractivity contribution is -0.290. The lowest BCUT2D eigenvalue weighted by Gasteiger charge is -2.62. The first-order valence-electron chi connectivity index (χ1n) is 18.3. The summed E-state index contributed by atoms with van der Waals surface area (Å²) < 4.78 is 70.5. The average molecular weight is 665 g/mol. The number of hydrogen-bond donors (Lipinski definition) is 2. The SMILES string of the molecule is C[C@H](C(CC1(O)CCC2(CC1)CC2)S(=O)(=O)c1ccccc1)[C@H]1CC[C@H]2[C@@H]3CC[C@H]4C[C@](O)(C(F)(F)F)CC[C@]4(C)[C@H]3CC[C@]12C. The van der Waals surface area contributed by atoms with Crippen LogP contribution in [0.1, 0.15) is 124 Å². The van der Waals surface area contributed by atoms with E-state index < -0.39 is 32.5 Å². The second kappa shape index (κ2) is 10.9. The Hall–Kier alpha value is -1.12. The first kappa shape index (κ1) is 33.4. The zero-order chi connectivity index (χ0) is 33.0. The van der Waals surface area contributed by atoms with Crippen molar-refractivity contribution >= 4 is 9.84 Å². The van der Waals surface area contributed by atoms with Crippen molar-refractivity contribution in [1.82, 2.24) is 0 Å². The molecule has 0 amide bonds. The number of benzene rings is 1. The van der Waals surface area contributed by atoms with Gasteiger partial charge in [-0.3, -0.25) is 0 Å². The Morgan fingerprint density at radius 1 is 0.804 bits per heavy atom. The molecule has 6 fully saturated rings. The summed E-state index contributed by atoms with van der Waals surface area (Å²) >= 11 is 0. The fourth-order valence-corrected chi connectivity index (χ4v) is 14.7. The highest BCUT2D eigenvalue weighted by molar-refractivity contribution is 7.92. The van der Waals surface area contributed by atoms with E-state index in [1.165, 1.54) is 12.8 Å². The molecule has 6 aliphatic carbocycles. The molecule has 10 atom stereocenters. The minimum atomic E-state index is -4.59. The van der Waals surface area contributed by atoms with E-state index in [4.69, 9.17) is 0 Å². The summed E-state index contributed by atoms with van der Waals surface area (Å²) in [5, 5.41) is 21.9. The van der Waals surface area contributed by atoms with Crippen molar-refractivity contribution in [3.8, 4) is 0 Å². The van der Waals surface area contributed by atoms with Crippen LogP contribution in [0, 0.1) is 51.8 Å². The van der Waals surface area contributed by atoms with Crippen LogP contribution in [0.4, 0.5) is 13.2 Å². The van der Waals surface area contributed by atoms with Crippen molar-refractivity contribution in [3.05, 3.63) is 30.3 Å². The number of halogens is 3. The molecule has 258 valence electrons. The van der Waals surface area contributed by atoms with E-state index in [9.17, 15) is 31.8 Å². The van der Waals surface area contributed by atoms with Crippen molar-refractivity contribution in [2.24, 2.45) is 51.8 Å². The highest BCUT2D eigenvalue weighted by Gasteiger charge is 2.66. The monoisotopic (exact) mass is 664 g/mol. The molecule has 4 nitrogen and oxygen atoms in total. The van der Waals surface area contributed by atoms with Gasteiger partial charge in [0, 0.05) is 0 Å². The molecule has 0 aromatic heterocycles. The summed E-state index contributed by atoms with van der Waals surface area (Å²) in [7, 11) is -3.70. The predicted octanol–water partition coefficient (Wildman–Crippen LogP) is 8.89. The molecule has 1 aromatic carbocycles. The first-order chi connectivity index (χ1) is 21.5. The molecule has 6 saturated carbocycles. The predicted molar refractivity (Wildman–Crippen MR) is 173 cm³/mol. The average Bonchev–Trinajstić information content (AvgIpc) is 3.68. The smallest absolute Gasteiger partial charge is 0.390 e. The summed E-state index contributed by atoms with van der Waals surface area (Å²) in [6.07, 6.45) is 7.05. The molecule has 0 radical (unpaired) electrons. The van der Waals surface area contributed by atoms with Crippen LogP contribution in [0.5, 0.6) is 0 Å². The largest absolute Gasteiger partial charge is 0.417 e. The molecule has 0 heterocycles. The molecule has 1 unspecified atom stereocenters. The molecule has 0 saturated heterocycles. The number of fused-ring (bicyclic) bond motifs is 5. The molecule has 7 rings (SSSR count). The van der Waals surface area contributed by atoms with Gasteiger partial charge in [-0.1, -0.05) is 39.0 Å². The van der Waals surface area contributed by atoms with Gasteiger partial charge in [-0.15, -0.1) is 0 Å². The van der Waals surface area contributed by atoms with Crippen molar-refractivity contribution in [3.63, 3.8) is 0 Å². The second-order valence-corrected chi connectivity index (χ2v) is 20.0. The fraction of sp³-hybridized carbons (Fsp3) is 0.842. The molecule has 8 heteroatoms. The van der Waals surface area contributed by atoms with Gasteiger partial charge in [-0.25, -0.2) is 8.42 Å². The normalized spacial score (nSPS) is 42.8. The summed E-state index contributed by atoms with van der Waals surface area (Å²) in [4.78, 5) is 0.343. The summed E-state index contributed by atoms with van der Waals surface area (Å²) in [5.74, 6) is 1.15. The topological polar surface area (TPSA) is 74.6 Å². The lowest BCUT2D eigenvalue weighted by atomic mass is 9.43. The van der Waals surface area contributed by atoms with E-state index >= 15 is 0 Å². The van der Waals surface area contributed by atoms with Crippen LogP contribution < -0.4 is 0 Å². The van der Waals surface area contributed by atoms with Gasteiger partial charge >= 0.3 is 6.18 Å². The van der Waals surface area contributed by atoms with Crippen LogP contribution in [-0.2, 0) is 9.84 Å². The molecule has 1 aromatic rings.